The van der Waals surface area contributed by atoms with E-state index in [1.165, 1.54) is 56.4 Å². The molecule has 1 aromatic carbocycles. The monoisotopic (exact) mass is 556 g/mol. The highest BCUT2D eigenvalue weighted by Gasteiger charge is 2.37. The van der Waals surface area contributed by atoms with E-state index >= 15 is 0 Å². The van der Waals surface area contributed by atoms with Crippen LogP contribution in [0.3, 0.4) is 0 Å². The van der Waals surface area contributed by atoms with E-state index in [-0.39, 0.29) is 5.92 Å². The van der Waals surface area contributed by atoms with Crippen LogP contribution in [0, 0.1) is 29.1 Å². The zero-order chi connectivity index (χ0) is 28.3. The molecule has 0 N–H and O–H groups in total. The molecule has 0 aromatic heterocycles. The van der Waals surface area contributed by atoms with Crippen molar-refractivity contribution in [1.29, 1.82) is 5.26 Å². The van der Waals surface area contributed by atoms with Gasteiger partial charge in [0.05, 0.1) is 11.6 Å². The largest absolute Gasteiger partial charge is 0.416 e. The molecular formula is C33H47F3N4. The number of rotatable bonds is 11. The summed E-state index contributed by atoms with van der Waals surface area (Å²) in [7, 11) is 0. The smallest absolute Gasteiger partial charge is 0.374 e. The topological polar surface area (TPSA) is 33.5 Å². The Labute approximate surface area is 239 Å². The van der Waals surface area contributed by atoms with Gasteiger partial charge in [0, 0.05) is 68.4 Å². The van der Waals surface area contributed by atoms with Gasteiger partial charge in [0.15, 0.2) is 0 Å². The summed E-state index contributed by atoms with van der Waals surface area (Å²) in [6, 6.07) is 7.34. The van der Waals surface area contributed by atoms with Crippen LogP contribution in [0.25, 0.3) is 0 Å². The van der Waals surface area contributed by atoms with Crippen LogP contribution in [0.15, 0.2) is 30.5 Å². The normalized spacial score (nSPS) is 25.4. The molecule has 3 unspecified atom stereocenters. The second-order valence-corrected chi connectivity index (χ2v) is 12.9. The number of alkyl halides is 3. The Hall–Kier alpha value is -2.20. The molecule has 1 saturated carbocycles. The Morgan fingerprint density at radius 2 is 1.77 bits per heavy atom. The molecule has 4 nitrogen and oxygen atoms in total. The number of benzene rings is 1. The fourth-order valence-corrected chi connectivity index (χ4v) is 7.45. The minimum Gasteiger partial charge on any atom is -0.374 e. The second kappa shape index (κ2) is 12.8. The first-order valence-electron chi connectivity index (χ1n) is 15.8. The Balaban J connectivity index is 1.24. The summed E-state index contributed by atoms with van der Waals surface area (Å²) in [6.45, 7) is 12.3. The standard InChI is InChI=1S/C33H47F3N4/c1-3-4-30(9-7-25-5-6-25)40-20-14-27(22-40)24(2)39-19-15-28(23-39)31-10-8-29(33(34,35)36)21-32(31)38-17-12-26(11-16-37)13-18-38/h8,10,21,25-28,30H,2-7,9,11-15,17-20,22-23H2,1H3. The lowest BCUT2D eigenvalue weighted by Crippen LogP contribution is -2.35. The molecule has 220 valence electrons. The van der Waals surface area contributed by atoms with Crippen LogP contribution in [0.1, 0.15) is 94.6 Å². The molecule has 4 fully saturated rings. The molecule has 0 radical (unpaired) electrons. The lowest BCUT2D eigenvalue weighted by atomic mass is 9.90. The summed E-state index contributed by atoms with van der Waals surface area (Å²) in [4.78, 5) is 7.29. The van der Waals surface area contributed by atoms with Crippen LogP contribution in [-0.2, 0) is 6.18 Å². The third-order valence-electron chi connectivity index (χ3n) is 10.2. The minimum atomic E-state index is -4.36. The summed E-state index contributed by atoms with van der Waals surface area (Å²) >= 11 is 0. The molecule has 40 heavy (non-hydrogen) atoms. The van der Waals surface area contributed by atoms with Gasteiger partial charge in [-0.15, -0.1) is 0 Å². The van der Waals surface area contributed by atoms with E-state index < -0.39 is 11.7 Å². The number of nitriles is 1. The van der Waals surface area contributed by atoms with E-state index in [4.69, 9.17) is 5.26 Å². The number of hydrogen-bond acceptors (Lipinski definition) is 4. The molecule has 0 amide bonds. The Morgan fingerprint density at radius 1 is 1.00 bits per heavy atom. The lowest BCUT2D eigenvalue weighted by Gasteiger charge is -2.35. The maximum atomic E-state index is 13.7. The van der Waals surface area contributed by atoms with Gasteiger partial charge in [-0.2, -0.15) is 18.4 Å². The predicted molar refractivity (Wildman–Crippen MR) is 155 cm³/mol. The minimum absolute atomic E-state index is 0.203. The van der Waals surface area contributed by atoms with E-state index in [1.54, 1.807) is 6.07 Å². The summed E-state index contributed by atoms with van der Waals surface area (Å²) in [5.74, 6) is 2.01. The molecule has 3 saturated heterocycles. The molecule has 1 aliphatic carbocycles. The van der Waals surface area contributed by atoms with Crippen molar-refractivity contribution in [3.63, 3.8) is 0 Å². The average molecular weight is 557 g/mol. The summed E-state index contributed by atoms with van der Waals surface area (Å²) in [5.41, 5.74) is 2.44. The van der Waals surface area contributed by atoms with E-state index in [2.05, 4.69) is 34.3 Å². The number of halogens is 3. The predicted octanol–water partition coefficient (Wildman–Crippen LogP) is 7.82. The van der Waals surface area contributed by atoms with Gasteiger partial charge in [0.25, 0.3) is 0 Å². The fraction of sp³-hybridized carbons (Fsp3) is 0.727. The van der Waals surface area contributed by atoms with Crippen LogP contribution >= 0.6 is 0 Å². The fourth-order valence-electron chi connectivity index (χ4n) is 7.45. The third-order valence-corrected chi connectivity index (χ3v) is 10.2. The zero-order valence-corrected chi connectivity index (χ0v) is 24.3. The van der Waals surface area contributed by atoms with Gasteiger partial charge in [0.1, 0.15) is 0 Å². The Bertz CT molecular complexity index is 1050. The molecule has 4 aliphatic rings. The summed E-state index contributed by atoms with van der Waals surface area (Å²) < 4.78 is 41.1. The molecule has 3 aliphatic heterocycles. The molecule has 0 bridgehead atoms. The number of anilines is 1. The average Bonchev–Trinajstić information content (AvgIpc) is 3.42. The Kier molecular flexibility index (Phi) is 9.35. The Morgan fingerprint density at radius 3 is 2.45 bits per heavy atom. The van der Waals surface area contributed by atoms with Crippen LogP contribution in [0.2, 0.25) is 0 Å². The number of hydrogen-bond donors (Lipinski definition) is 0. The van der Waals surface area contributed by atoms with Gasteiger partial charge in [-0.1, -0.05) is 38.8 Å². The van der Waals surface area contributed by atoms with Gasteiger partial charge < -0.3 is 9.80 Å². The van der Waals surface area contributed by atoms with Gasteiger partial charge in [0.2, 0.25) is 0 Å². The van der Waals surface area contributed by atoms with Crippen LogP contribution < -0.4 is 4.90 Å². The third kappa shape index (κ3) is 6.98. The highest BCUT2D eigenvalue weighted by molar-refractivity contribution is 5.58. The summed E-state index contributed by atoms with van der Waals surface area (Å²) in [5, 5.41) is 9.07. The van der Waals surface area contributed by atoms with Crippen molar-refractivity contribution in [1.82, 2.24) is 9.80 Å². The molecule has 3 heterocycles. The van der Waals surface area contributed by atoms with Gasteiger partial charge in [-0.05, 0) is 81.0 Å². The lowest BCUT2D eigenvalue weighted by molar-refractivity contribution is -0.137. The molecule has 3 atom stereocenters. The first-order chi connectivity index (χ1) is 19.3. The maximum absolute atomic E-state index is 13.7. The maximum Gasteiger partial charge on any atom is 0.416 e. The molecule has 1 aromatic rings. The number of piperidine rings is 1. The molecule has 5 rings (SSSR count). The van der Waals surface area contributed by atoms with Gasteiger partial charge in [-0.25, -0.2) is 0 Å². The van der Waals surface area contributed by atoms with Crippen molar-refractivity contribution in [3.8, 4) is 6.07 Å². The molecular weight excluding hydrogens is 509 g/mol. The van der Waals surface area contributed by atoms with Crippen molar-refractivity contribution in [2.45, 2.75) is 95.7 Å². The number of likely N-dealkylation sites (tertiary alicyclic amines) is 2. The summed E-state index contributed by atoms with van der Waals surface area (Å²) in [6.07, 6.45) is 8.06. The van der Waals surface area contributed by atoms with Crippen LogP contribution in [0.4, 0.5) is 18.9 Å². The van der Waals surface area contributed by atoms with Gasteiger partial charge in [-0.3, -0.25) is 4.90 Å². The number of nitrogens with zero attached hydrogens (tertiary/aromatic N) is 4. The highest BCUT2D eigenvalue weighted by Crippen LogP contribution is 2.42. The van der Waals surface area contributed by atoms with Crippen molar-refractivity contribution in [2.75, 3.05) is 44.2 Å². The molecule has 7 heteroatoms. The van der Waals surface area contributed by atoms with Crippen LogP contribution in [0.5, 0.6) is 0 Å². The zero-order valence-electron chi connectivity index (χ0n) is 24.3. The molecule has 0 spiro atoms. The van der Waals surface area contributed by atoms with Crippen molar-refractivity contribution < 1.29 is 13.2 Å². The van der Waals surface area contributed by atoms with E-state index in [1.807, 2.05) is 0 Å². The van der Waals surface area contributed by atoms with E-state index in [0.717, 1.165) is 69.0 Å². The van der Waals surface area contributed by atoms with E-state index in [0.29, 0.717) is 37.4 Å². The first kappa shape index (κ1) is 29.3. The second-order valence-electron chi connectivity index (χ2n) is 12.9. The van der Waals surface area contributed by atoms with Crippen molar-refractivity contribution in [2.24, 2.45) is 17.8 Å². The highest BCUT2D eigenvalue weighted by atomic mass is 19.4. The quantitative estimate of drug-likeness (QED) is 0.278. The first-order valence-corrected chi connectivity index (χ1v) is 15.8. The van der Waals surface area contributed by atoms with Crippen molar-refractivity contribution >= 4 is 5.69 Å². The van der Waals surface area contributed by atoms with Gasteiger partial charge >= 0.3 is 6.18 Å². The van der Waals surface area contributed by atoms with Crippen molar-refractivity contribution in [3.05, 3.63) is 41.6 Å². The SMILES string of the molecule is C=C(C1CCN(C(CCC)CCC2CC2)C1)N1CCC(c2ccc(C(F)(F)F)cc2N2CCC(CC#N)CC2)C1. The van der Waals surface area contributed by atoms with Crippen LogP contribution in [-0.4, -0.2) is 55.1 Å². The van der Waals surface area contributed by atoms with E-state index in [9.17, 15) is 13.2 Å².